The predicted molar refractivity (Wildman–Crippen MR) is 132 cm³/mol. The van der Waals surface area contributed by atoms with Gasteiger partial charge in [-0.1, -0.05) is 44.2 Å². The summed E-state index contributed by atoms with van der Waals surface area (Å²) in [4.78, 5) is 26.7. The number of ether oxygens (including phenoxy) is 2. The zero-order valence-corrected chi connectivity index (χ0v) is 21.6. The Hall–Kier alpha value is -2.06. The summed E-state index contributed by atoms with van der Waals surface area (Å²) >= 11 is 0. The molecule has 36 heavy (non-hydrogen) atoms. The first-order chi connectivity index (χ1) is 16.9. The third-order valence-corrected chi connectivity index (χ3v) is 10.0. The Morgan fingerprint density at radius 1 is 1.14 bits per heavy atom. The fourth-order valence-corrected chi connectivity index (χ4v) is 7.38. The van der Waals surface area contributed by atoms with Crippen molar-refractivity contribution in [2.75, 3.05) is 6.61 Å². The van der Waals surface area contributed by atoms with Gasteiger partial charge in [0.25, 0.3) is 0 Å². The van der Waals surface area contributed by atoms with E-state index in [0.29, 0.717) is 30.6 Å². The maximum Gasteiger partial charge on any atom is 0.306 e. The van der Waals surface area contributed by atoms with Crippen LogP contribution in [-0.4, -0.2) is 63.7 Å². The highest BCUT2D eigenvalue weighted by atomic mass is 16.5. The highest BCUT2D eigenvalue weighted by Gasteiger charge is 2.67. The molecule has 2 saturated carbocycles. The van der Waals surface area contributed by atoms with Crippen molar-refractivity contribution in [1.29, 1.82) is 0 Å². The topological polar surface area (TPSA) is 113 Å². The first kappa shape index (κ1) is 25.6. The van der Waals surface area contributed by atoms with Gasteiger partial charge in [0, 0.05) is 30.6 Å². The summed E-state index contributed by atoms with van der Waals surface area (Å²) in [7, 11) is 0. The average molecular weight is 499 g/mol. The zero-order valence-electron chi connectivity index (χ0n) is 21.6. The molecule has 2 bridgehead atoms. The van der Waals surface area contributed by atoms with Crippen molar-refractivity contribution in [3.8, 4) is 0 Å². The first-order valence-electron chi connectivity index (χ1n) is 13.1. The molecule has 1 saturated heterocycles. The van der Waals surface area contributed by atoms with E-state index in [1.165, 1.54) is 0 Å². The SMILES string of the molecule is CC1=C2C(O)C(=O)C3(C)C(O)CC4OCC4C3CC(O)(C[C@@H]1OC(=O)CCc1ccccc1)C2(C)C. The number of benzene rings is 1. The number of esters is 1. The van der Waals surface area contributed by atoms with Gasteiger partial charge in [0.2, 0.25) is 0 Å². The summed E-state index contributed by atoms with van der Waals surface area (Å²) in [5.41, 5.74) is -1.43. The van der Waals surface area contributed by atoms with Crippen LogP contribution in [0.5, 0.6) is 0 Å². The molecule has 4 aliphatic rings. The van der Waals surface area contributed by atoms with Gasteiger partial charge in [-0.3, -0.25) is 9.59 Å². The first-order valence-corrected chi connectivity index (χ1v) is 13.1. The average Bonchev–Trinajstić information content (AvgIpc) is 2.81. The Bertz CT molecular complexity index is 1080. The summed E-state index contributed by atoms with van der Waals surface area (Å²) in [5.74, 6) is -1.14. The van der Waals surface area contributed by atoms with Crippen LogP contribution in [0, 0.1) is 22.7 Å². The number of hydrogen-bond donors (Lipinski definition) is 3. The zero-order chi connectivity index (χ0) is 26.0. The number of aliphatic hydroxyl groups excluding tert-OH is 2. The Morgan fingerprint density at radius 2 is 1.83 bits per heavy atom. The molecule has 196 valence electrons. The summed E-state index contributed by atoms with van der Waals surface area (Å²) < 4.78 is 11.6. The summed E-state index contributed by atoms with van der Waals surface area (Å²) in [6, 6.07) is 9.69. The van der Waals surface area contributed by atoms with Gasteiger partial charge in [0.05, 0.1) is 29.8 Å². The lowest BCUT2D eigenvalue weighted by Gasteiger charge is -2.62. The monoisotopic (exact) mass is 498 g/mol. The van der Waals surface area contributed by atoms with Crippen molar-refractivity contribution in [3.63, 3.8) is 0 Å². The molecule has 1 heterocycles. The highest BCUT2D eigenvalue weighted by molar-refractivity contribution is 5.93. The summed E-state index contributed by atoms with van der Waals surface area (Å²) in [6.07, 6.45) is -1.85. The Morgan fingerprint density at radius 3 is 2.47 bits per heavy atom. The highest BCUT2D eigenvalue weighted by Crippen LogP contribution is 2.61. The molecule has 3 aliphatic carbocycles. The third kappa shape index (κ3) is 3.70. The van der Waals surface area contributed by atoms with Gasteiger partial charge in [0.1, 0.15) is 12.2 Å². The van der Waals surface area contributed by atoms with Gasteiger partial charge in [-0.15, -0.1) is 0 Å². The van der Waals surface area contributed by atoms with Gasteiger partial charge in [-0.05, 0) is 49.3 Å². The summed E-state index contributed by atoms with van der Waals surface area (Å²) in [6.45, 7) is 7.68. The van der Waals surface area contributed by atoms with Crippen LogP contribution in [0.15, 0.2) is 41.5 Å². The minimum Gasteiger partial charge on any atom is -0.458 e. The molecule has 0 amide bonds. The number of fused-ring (bicyclic) bond motifs is 5. The fourth-order valence-electron chi connectivity index (χ4n) is 7.38. The molecule has 0 aromatic heterocycles. The number of Topliss-reactive ketones (excluding diaryl/α,β-unsaturated/α-hetero) is 1. The van der Waals surface area contributed by atoms with Gasteiger partial charge in [0.15, 0.2) is 5.78 Å². The van der Waals surface area contributed by atoms with Crippen LogP contribution in [0.4, 0.5) is 0 Å². The lowest BCUT2D eigenvalue weighted by atomic mass is 9.47. The number of ketones is 1. The molecule has 1 aliphatic heterocycles. The van der Waals surface area contributed by atoms with E-state index in [9.17, 15) is 24.9 Å². The van der Waals surface area contributed by atoms with Gasteiger partial charge in [-0.2, -0.15) is 0 Å². The Kier molecular flexibility index (Phi) is 6.22. The van der Waals surface area contributed by atoms with Crippen LogP contribution in [0.25, 0.3) is 0 Å². The quantitative estimate of drug-likeness (QED) is 0.432. The van der Waals surface area contributed by atoms with Crippen LogP contribution in [0.2, 0.25) is 0 Å². The van der Waals surface area contributed by atoms with Crippen molar-refractivity contribution in [1.82, 2.24) is 0 Å². The number of carbonyl (C=O) groups is 2. The lowest BCUT2D eigenvalue weighted by molar-refractivity contribution is -0.243. The van der Waals surface area contributed by atoms with E-state index in [1.807, 2.05) is 44.2 Å². The van der Waals surface area contributed by atoms with E-state index in [4.69, 9.17) is 9.47 Å². The van der Waals surface area contributed by atoms with Crippen LogP contribution >= 0.6 is 0 Å². The van der Waals surface area contributed by atoms with Crippen molar-refractivity contribution in [2.45, 2.75) is 89.8 Å². The molecule has 7 heteroatoms. The van der Waals surface area contributed by atoms with E-state index in [0.717, 1.165) is 5.56 Å². The van der Waals surface area contributed by atoms with E-state index in [1.54, 1.807) is 13.8 Å². The standard InChI is InChI=1S/C29H38O7/c1-16-21(36-23(31)11-10-17-8-6-5-7-9-17)14-29(34)13-19-18-15-35-20(18)12-22(30)28(19,4)26(33)25(32)24(16)27(29,2)3/h5-9,18-22,25,30,32,34H,10-15H2,1-4H3/t18?,19?,20?,21-,22?,25?,28?,29?/m0/s1. The molecule has 5 rings (SSSR count). The van der Waals surface area contributed by atoms with Crippen LogP contribution in [0.3, 0.4) is 0 Å². The molecule has 1 aromatic rings. The normalized spacial score (nSPS) is 41.4. The van der Waals surface area contributed by atoms with Crippen molar-refractivity contribution in [2.24, 2.45) is 22.7 Å². The maximum absolute atomic E-state index is 13.9. The molecule has 7 unspecified atom stereocenters. The second-order valence-electron chi connectivity index (χ2n) is 12.1. The maximum atomic E-state index is 13.9. The number of aliphatic hydroxyl groups is 3. The fraction of sp³-hybridized carbons (Fsp3) is 0.655. The van der Waals surface area contributed by atoms with E-state index < -0.39 is 40.5 Å². The number of carbonyl (C=O) groups excluding carboxylic acids is 2. The number of hydrogen-bond acceptors (Lipinski definition) is 7. The summed E-state index contributed by atoms with van der Waals surface area (Å²) in [5, 5.41) is 34.8. The molecule has 1 aromatic carbocycles. The predicted octanol–water partition coefficient (Wildman–Crippen LogP) is 2.74. The van der Waals surface area contributed by atoms with Crippen LogP contribution < -0.4 is 0 Å². The van der Waals surface area contributed by atoms with E-state index in [-0.39, 0.29) is 43.2 Å². The molecule has 0 radical (unpaired) electrons. The number of rotatable bonds is 4. The minimum absolute atomic E-state index is 0.0230. The molecule has 3 fully saturated rings. The second kappa shape index (κ2) is 8.76. The minimum atomic E-state index is -1.50. The number of aryl methyl sites for hydroxylation is 1. The van der Waals surface area contributed by atoms with Gasteiger partial charge in [-0.25, -0.2) is 0 Å². The Labute approximate surface area is 212 Å². The van der Waals surface area contributed by atoms with Crippen molar-refractivity contribution in [3.05, 3.63) is 47.0 Å². The largest absolute Gasteiger partial charge is 0.458 e. The van der Waals surface area contributed by atoms with Crippen molar-refractivity contribution >= 4 is 11.8 Å². The van der Waals surface area contributed by atoms with Crippen LogP contribution in [-0.2, 0) is 25.5 Å². The molecule has 8 atom stereocenters. The molecule has 7 nitrogen and oxygen atoms in total. The van der Waals surface area contributed by atoms with Gasteiger partial charge < -0.3 is 24.8 Å². The van der Waals surface area contributed by atoms with Crippen LogP contribution in [0.1, 0.15) is 58.9 Å². The smallest absolute Gasteiger partial charge is 0.306 e. The van der Waals surface area contributed by atoms with E-state index in [2.05, 4.69) is 0 Å². The molecular formula is C29H38O7. The third-order valence-electron chi connectivity index (χ3n) is 10.0. The van der Waals surface area contributed by atoms with Gasteiger partial charge >= 0.3 is 5.97 Å². The lowest BCUT2D eigenvalue weighted by Crippen LogP contribution is -2.69. The molecule has 0 spiro atoms. The van der Waals surface area contributed by atoms with Crippen molar-refractivity contribution < 1.29 is 34.4 Å². The van der Waals surface area contributed by atoms with E-state index >= 15 is 0 Å². The Balaban J connectivity index is 1.48. The molecule has 3 N–H and O–H groups in total. The second-order valence-corrected chi connectivity index (χ2v) is 12.1. The molecular weight excluding hydrogens is 460 g/mol.